The first kappa shape index (κ1) is 14.6. The van der Waals surface area contributed by atoms with Crippen molar-refractivity contribution in [2.75, 3.05) is 5.73 Å². The maximum atomic E-state index is 11.9. The SMILES string of the molecule is CC(C)Cc1cc(C(=O)OC(C)(C)C)ccc1N. The summed E-state index contributed by atoms with van der Waals surface area (Å²) in [4.78, 5) is 11.9. The number of hydrogen-bond donors (Lipinski definition) is 1. The zero-order valence-corrected chi connectivity index (χ0v) is 11.9. The Labute approximate surface area is 109 Å². The molecule has 0 radical (unpaired) electrons. The van der Waals surface area contributed by atoms with Crippen LogP contribution in [0.1, 0.15) is 50.5 Å². The van der Waals surface area contributed by atoms with Crippen LogP contribution < -0.4 is 5.73 Å². The second-order valence-corrected chi connectivity index (χ2v) is 6.01. The standard InChI is InChI=1S/C15H23NO2/c1-10(2)8-12-9-11(6-7-13(12)16)14(17)18-15(3,4)5/h6-7,9-10H,8,16H2,1-5H3. The predicted octanol–water partition coefficient (Wildman–Crippen LogP) is 3.42. The van der Waals surface area contributed by atoms with Gasteiger partial charge in [0.05, 0.1) is 5.56 Å². The molecule has 1 rings (SSSR count). The van der Waals surface area contributed by atoms with E-state index < -0.39 is 5.60 Å². The van der Waals surface area contributed by atoms with Gasteiger partial charge in [0.25, 0.3) is 0 Å². The number of nitrogen functional groups attached to an aromatic ring is 1. The fourth-order valence-corrected chi connectivity index (χ4v) is 1.69. The first-order valence-electron chi connectivity index (χ1n) is 6.31. The average molecular weight is 249 g/mol. The molecule has 0 heterocycles. The zero-order valence-electron chi connectivity index (χ0n) is 11.9. The van der Waals surface area contributed by atoms with E-state index in [1.54, 1.807) is 12.1 Å². The molecule has 0 fully saturated rings. The Kier molecular flexibility index (Phi) is 4.38. The van der Waals surface area contributed by atoms with Gasteiger partial charge < -0.3 is 10.5 Å². The summed E-state index contributed by atoms with van der Waals surface area (Å²) in [6, 6.07) is 5.33. The van der Waals surface area contributed by atoms with Crippen LogP contribution in [0.4, 0.5) is 5.69 Å². The quantitative estimate of drug-likeness (QED) is 0.659. The average Bonchev–Trinajstić information content (AvgIpc) is 2.17. The number of carbonyl (C=O) groups is 1. The van der Waals surface area contributed by atoms with Gasteiger partial charge in [-0.2, -0.15) is 0 Å². The predicted molar refractivity (Wildman–Crippen MR) is 74.6 cm³/mol. The molecule has 0 aliphatic heterocycles. The normalized spacial score (nSPS) is 11.7. The van der Waals surface area contributed by atoms with Crippen molar-refractivity contribution in [2.45, 2.75) is 46.6 Å². The summed E-state index contributed by atoms with van der Waals surface area (Å²) < 4.78 is 5.34. The van der Waals surface area contributed by atoms with E-state index >= 15 is 0 Å². The molecule has 0 aliphatic rings. The third kappa shape index (κ3) is 4.40. The van der Waals surface area contributed by atoms with Crippen LogP contribution in [0.3, 0.4) is 0 Å². The first-order chi connectivity index (χ1) is 8.19. The number of benzene rings is 1. The summed E-state index contributed by atoms with van der Waals surface area (Å²) in [7, 11) is 0. The summed E-state index contributed by atoms with van der Waals surface area (Å²) in [5, 5.41) is 0. The summed E-state index contributed by atoms with van der Waals surface area (Å²) in [5.41, 5.74) is 7.74. The Morgan fingerprint density at radius 2 is 1.94 bits per heavy atom. The molecule has 18 heavy (non-hydrogen) atoms. The summed E-state index contributed by atoms with van der Waals surface area (Å²) >= 11 is 0. The smallest absolute Gasteiger partial charge is 0.338 e. The summed E-state index contributed by atoms with van der Waals surface area (Å²) in [6.07, 6.45) is 0.864. The van der Waals surface area contributed by atoms with Crippen LogP contribution in [-0.2, 0) is 11.2 Å². The molecule has 0 aromatic heterocycles. The highest BCUT2D eigenvalue weighted by molar-refractivity contribution is 5.90. The van der Waals surface area contributed by atoms with Crippen LogP contribution in [0.15, 0.2) is 18.2 Å². The number of hydrogen-bond acceptors (Lipinski definition) is 3. The first-order valence-corrected chi connectivity index (χ1v) is 6.31. The largest absolute Gasteiger partial charge is 0.456 e. The zero-order chi connectivity index (χ0) is 13.9. The second-order valence-electron chi connectivity index (χ2n) is 6.01. The van der Waals surface area contributed by atoms with E-state index in [9.17, 15) is 4.79 Å². The minimum atomic E-state index is -0.476. The molecule has 0 unspecified atom stereocenters. The van der Waals surface area contributed by atoms with Crippen molar-refractivity contribution in [1.82, 2.24) is 0 Å². The van der Waals surface area contributed by atoms with Gasteiger partial charge in [0.2, 0.25) is 0 Å². The van der Waals surface area contributed by atoms with Crippen molar-refractivity contribution in [3.8, 4) is 0 Å². The number of rotatable bonds is 3. The van der Waals surface area contributed by atoms with E-state index in [1.165, 1.54) is 0 Å². The minimum absolute atomic E-state index is 0.299. The third-order valence-electron chi connectivity index (χ3n) is 2.41. The third-order valence-corrected chi connectivity index (χ3v) is 2.41. The van der Waals surface area contributed by atoms with E-state index in [1.807, 2.05) is 26.8 Å². The molecule has 0 saturated carbocycles. The van der Waals surface area contributed by atoms with Gasteiger partial charge in [-0.15, -0.1) is 0 Å². The van der Waals surface area contributed by atoms with Crippen molar-refractivity contribution in [3.05, 3.63) is 29.3 Å². The van der Waals surface area contributed by atoms with E-state index in [2.05, 4.69) is 13.8 Å². The lowest BCUT2D eigenvalue weighted by Gasteiger charge is -2.20. The summed E-state index contributed by atoms with van der Waals surface area (Å²) in [5.74, 6) is 0.202. The number of nitrogens with two attached hydrogens (primary N) is 1. The number of esters is 1. The fourth-order valence-electron chi connectivity index (χ4n) is 1.69. The van der Waals surface area contributed by atoms with Gasteiger partial charge in [0.15, 0.2) is 0 Å². The van der Waals surface area contributed by atoms with Crippen LogP contribution in [0.25, 0.3) is 0 Å². The van der Waals surface area contributed by atoms with E-state index in [4.69, 9.17) is 10.5 Å². The Bertz CT molecular complexity index is 431. The van der Waals surface area contributed by atoms with Gasteiger partial charge in [-0.25, -0.2) is 4.79 Å². The van der Waals surface area contributed by atoms with Gasteiger partial charge >= 0.3 is 5.97 Å². The number of carbonyl (C=O) groups excluding carboxylic acids is 1. The Morgan fingerprint density at radius 1 is 1.33 bits per heavy atom. The molecule has 0 bridgehead atoms. The lowest BCUT2D eigenvalue weighted by molar-refractivity contribution is 0.00694. The van der Waals surface area contributed by atoms with E-state index in [0.29, 0.717) is 11.5 Å². The van der Waals surface area contributed by atoms with Crippen molar-refractivity contribution in [1.29, 1.82) is 0 Å². The molecular formula is C15H23NO2. The van der Waals surface area contributed by atoms with E-state index in [-0.39, 0.29) is 5.97 Å². The topological polar surface area (TPSA) is 52.3 Å². The highest BCUT2D eigenvalue weighted by Gasteiger charge is 2.18. The van der Waals surface area contributed by atoms with Crippen LogP contribution in [-0.4, -0.2) is 11.6 Å². The van der Waals surface area contributed by atoms with Gasteiger partial charge in [0.1, 0.15) is 5.60 Å². The van der Waals surface area contributed by atoms with Crippen molar-refractivity contribution < 1.29 is 9.53 Å². The molecular weight excluding hydrogens is 226 g/mol. The Morgan fingerprint density at radius 3 is 2.44 bits per heavy atom. The molecule has 100 valence electrons. The highest BCUT2D eigenvalue weighted by Crippen LogP contribution is 2.20. The molecule has 1 aromatic rings. The van der Waals surface area contributed by atoms with Crippen LogP contribution >= 0.6 is 0 Å². The van der Waals surface area contributed by atoms with Gasteiger partial charge in [-0.1, -0.05) is 13.8 Å². The highest BCUT2D eigenvalue weighted by atomic mass is 16.6. The minimum Gasteiger partial charge on any atom is -0.456 e. The van der Waals surface area contributed by atoms with Crippen molar-refractivity contribution >= 4 is 11.7 Å². The monoisotopic (exact) mass is 249 g/mol. The van der Waals surface area contributed by atoms with Crippen LogP contribution in [0.5, 0.6) is 0 Å². The molecule has 2 N–H and O–H groups in total. The molecule has 3 heteroatoms. The lowest BCUT2D eigenvalue weighted by Crippen LogP contribution is -2.24. The molecule has 0 amide bonds. The molecule has 0 spiro atoms. The fraction of sp³-hybridized carbons (Fsp3) is 0.533. The number of ether oxygens (including phenoxy) is 1. The molecule has 0 atom stereocenters. The van der Waals surface area contributed by atoms with Crippen LogP contribution in [0, 0.1) is 5.92 Å². The van der Waals surface area contributed by atoms with Gasteiger partial charge in [-0.3, -0.25) is 0 Å². The van der Waals surface area contributed by atoms with E-state index in [0.717, 1.165) is 17.7 Å². The van der Waals surface area contributed by atoms with Crippen molar-refractivity contribution in [3.63, 3.8) is 0 Å². The van der Waals surface area contributed by atoms with Crippen LogP contribution in [0.2, 0.25) is 0 Å². The maximum absolute atomic E-state index is 11.9. The second kappa shape index (κ2) is 5.42. The molecule has 0 aliphatic carbocycles. The molecule has 1 aromatic carbocycles. The van der Waals surface area contributed by atoms with Gasteiger partial charge in [0, 0.05) is 5.69 Å². The lowest BCUT2D eigenvalue weighted by atomic mass is 9.99. The summed E-state index contributed by atoms with van der Waals surface area (Å²) in [6.45, 7) is 9.82. The van der Waals surface area contributed by atoms with Gasteiger partial charge in [-0.05, 0) is 56.9 Å². The molecule has 3 nitrogen and oxygen atoms in total. The maximum Gasteiger partial charge on any atom is 0.338 e. The Hall–Kier alpha value is -1.51. The number of anilines is 1. The molecule has 0 saturated heterocycles. The Balaban J connectivity index is 2.94. The van der Waals surface area contributed by atoms with Crippen molar-refractivity contribution in [2.24, 2.45) is 5.92 Å².